The Hall–Kier alpha value is -2.95. The quantitative estimate of drug-likeness (QED) is 0.391. The van der Waals surface area contributed by atoms with E-state index in [-0.39, 0.29) is 11.3 Å². The Balaban J connectivity index is 1.96. The SMILES string of the molecule is C[C@H]1c2cccc(O)c2C(=O)C2C(=O)C3(O)C(=O)C(C(N)=O)C(=O)[C@@H](N(C)C)[C@@H]3[C@@H](O)[C@@H]21. The van der Waals surface area contributed by atoms with Crippen molar-refractivity contribution in [3.63, 3.8) is 0 Å². The van der Waals surface area contributed by atoms with Crippen LogP contribution >= 0.6 is 0 Å². The van der Waals surface area contributed by atoms with Crippen molar-refractivity contribution in [1.29, 1.82) is 0 Å². The van der Waals surface area contributed by atoms with Gasteiger partial charge in [-0.1, -0.05) is 19.1 Å². The van der Waals surface area contributed by atoms with Gasteiger partial charge in [-0.15, -0.1) is 0 Å². The maximum atomic E-state index is 13.6. The molecule has 170 valence electrons. The van der Waals surface area contributed by atoms with Crippen LogP contribution in [0.3, 0.4) is 0 Å². The first kappa shape index (κ1) is 22.3. The number of hydrogen-bond donors (Lipinski definition) is 4. The Labute approximate surface area is 183 Å². The van der Waals surface area contributed by atoms with E-state index < -0.39 is 76.4 Å². The third-order valence-corrected chi connectivity index (χ3v) is 7.35. The molecule has 8 atom stereocenters. The highest BCUT2D eigenvalue weighted by Gasteiger charge is 2.72. The highest BCUT2D eigenvalue weighted by molar-refractivity contribution is 6.32. The zero-order chi connectivity index (χ0) is 23.9. The number of aromatic hydroxyl groups is 1. The smallest absolute Gasteiger partial charge is 0.235 e. The Bertz CT molecular complexity index is 1080. The molecule has 0 heterocycles. The number of ketones is 4. The van der Waals surface area contributed by atoms with Crippen LogP contribution in [0.2, 0.25) is 0 Å². The summed E-state index contributed by atoms with van der Waals surface area (Å²) in [6.07, 6.45) is -1.62. The molecule has 3 aliphatic carbocycles. The first-order valence-electron chi connectivity index (χ1n) is 10.2. The van der Waals surface area contributed by atoms with Gasteiger partial charge in [-0.25, -0.2) is 0 Å². The molecule has 1 amide bonds. The minimum Gasteiger partial charge on any atom is -0.507 e. The number of nitrogens with two attached hydrogens (primary N) is 1. The number of phenols is 1. The minimum atomic E-state index is -2.97. The highest BCUT2D eigenvalue weighted by atomic mass is 16.3. The van der Waals surface area contributed by atoms with Crippen LogP contribution in [0.1, 0.15) is 28.8 Å². The summed E-state index contributed by atoms with van der Waals surface area (Å²) in [4.78, 5) is 66.3. The van der Waals surface area contributed by atoms with Crippen molar-refractivity contribution in [3.05, 3.63) is 29.3 Å². The number of benzene rings is 1. The molecule has 2 fully saturated rings. The molecule has 1 aromatic rings. The summed E-state index contributed by atoms with van der Waals surface area (Å²) in [5.41, 5.74) is 2.58. The molecular formula is C22H24N2O8. The summed E-state index contributed by atoms with van der Waals surface area (Å²) >= 11 is 0. The third-order valence-electron chi connectivity index (χ3n) is 7.35. The zero-order valence-corrected chi connectivity index (χ0v) is 17.7. The molecule has 0 aliphatic heterocycles. The largest absolute Gasteiger partial charge is 0.507 e. The number of phenolic OH excluding ortho intramolecular Hbond substituents is 1. The lowest BCUT2D eigenvalue weighted by Crippen LogP contribution is -2.77. The molecule has 10 heteroatoms. The van der Waals surface area contributed by atoms with E-state index >= 15 is 0 Å². The van der Waals surface area contributed by atoms with Gasteiger partial charge in [0.15, 0.2) is 34.7 Å². The molecule has 0 radical (unpaired) electrons. The number of primary amides is 1. The molecule has 3 aliphatic rings. The van der Waals surface area contributed by atoms with E-state index in [1.54, 1.807) is 13.0 Å². The fourth-order valence-corrected chi connectivity index (χ4v) is 5.95. The third kappa shape index (κ3) is 2.54. The van der Waals surface area contributed by atoms with Crippen LogP contribution in [-0.4, -0.2) is 81.1 Å². The molecule has 0 bridgehead atoms. The van der Waals surface area contributed by atoms with Gasteiger partial charge in [-0.05, 0) is 31.6 Å². The van der Waals surface area contributed by atoms with Crippen LogP contribution in [0.4, 0.5) is 0 Å². The molecule has 0 aromatic heterocycles. The predicted molar refractivity (Wildman–Crippen MR) is 107 cm³/mol. The molecule has 4 rings (SSSR count). The van der Waals surface area contributed by atoms with Crippen molar-refractivity contribution >= 4 is 29.0 Å². The number of aliphatic hydroxyl groups excluding tert-OH is 1. The number of carbonyl (C=O) groups is 5. The van der Waals surface area contributed by atoms with Gasteiger partial charge in [-0.3, -0.25) is 28.9 Å². The predicted octanol–water partition coefficient (Wildman–Crippen LogP) is -1.60. The number of Topliss-reactive ketones (excluding diaryl/α,β-unsaturated/α-hetero) is 4. The average molecular weight is 444 g/mol. The van der Waals surface area contributed by atoms with E-state index in [9.17, 15) is 39.3 Å². The van der Waals surface area contributed by atoms with Crippen LogP contribution in [-0.2, 0) is 19.2 Å². The number of likely N-dealkylation sites (N-methyl/N-ethyl adjacent to an activating group) is 1. The van der Waals surface area contributed by atoms with Crippen molar-refractivity contribution < 1.29 is 39.3 Å². The summed E-state index contributed by atoms with van der Waals surface area (Å²) in [6, 6.07) is 3.03. The molecule has 0 saturated heterocycles. The minimum absolute atomic E-state index is 0.112. The maximum absolute atomic E-state index is 13.6. The van der Waals surface area contributed by atoms with E-state index in [1.165, 1.54) is 31.1 Å². The van der Waals surface area contributed by atoms with Gasteiger partial charge in [0.1, 0.15) is 5.75 Å². The number of hydrogen-bond acceptors (Lipinski definition) is 9. The molecule has 2 saturated carbocycles. The summed E-state index contributed by atoms with van der Waals surface area (Å²) in [6.45, 7) is 1.66. The summed E-state index contributed by atoms with van der Waals surface area (Å²) in [7, 11) is 2.89. The second-order valence-electron chi connectivity index (χ2n) is 9.11. The molecule has 5 N–H and O–H groups in total. The normalized spacial score (nSPS) is 38.9. The van der Waals surface area contributed by atoms with Crippen LogP contribution in [0.5, 0.6) is 5.75 Å². The first-order valence-corrected chi connectivity index (χ1v) is 10.2. The number of aliphatic hydroxyl groups is 2. The summed E-state index contributed by atoms with van der Waals surface area (Å²) in [5, 5.41) is 33.1. The lowest BCUT2D eigenvalue weighted by molar-refractivity contribution is -0.196. The van der Waals surface area contributed by atoms with Gasteiger partial charge < -0.3 is 21.1 Å². The number of rotatable bonds is 2. The van der Waals surface area contributed by atoms with Gasteiger partial charge in [0.2, 0.25) is 5.91 Å². The Morgan fingerprint density at radius 1 is 1.12 bits per heavy atom. The topological polar surface area (TPSA) is 175 Å². The van der Waals surface area contributed by atoms with Gasteiger partial charge in [0.25, 0.3) is 0 Å². The molecule has 32 heavy (non-hydrogen) atoms. The van der Waals surface area contributed by atoms with Crippen molar-refractivity contribution in [3.8, 4) is 5.75 Å². The van der Waals surface area contributed by atoms with E-state index in [4.69, 9.17) is 5.73 Å². The summed E-state index contributed by atoms with van der Waals surface area (Å²) in [5.74, 6) is -13.1. The van der Waals surface area contributed by atoms with E-state index in [0.717, 1.165) is 0 Å². The molecule has 1 aromatic carbocycles. The number of fused-ring (bicyclic) bond motifs is 3. The Morgan fingerprint density at radius 3 is 2.31 bits per heavy atom. The van der Waals surface area contributed by atoms with Gasteiger partial charge >= 0.3 is 0 Å². The van der Waals surface area contributed by atoms with E-state index in [1.807, 2.05) is 0 Å². The Morgan fingerprint density at radius 2 is 1.75 bits per heavy atom. The zero-order valence-electron chi connectivity index (χ0n) is 17.7. The lowest BCUT2D eigenvalue weighted by Gasteiger charge is -2.55. The standard InChI is InChI=1S/C22H24N2O8/c1-7-8-5-4-6-9(25)11(8)16(26)12-10(7)17(27)14-15(24(2)3)18(28)13(21(23)31)20(30)22(14,32)19(12)29/h4-7,10,12-15,17,25,27,32H,1-3H3,(H2,23,31)/t7-,10+,12?,13?,14+,15-,17-,22?/m0/s1. The first-order chi connectivity index (χ1) is 14.9. The molecule has 3 unspecified atom stereocenters. The molecule has 10 nitrogen and oxygen atoms in total. The van der Waals surface area contributed by atoms with Gasteiger partial charge in [-0.2, -0.15) is 0 Å². The Kier molecular flexibility index (Phi) is 4.89. The van der Waals surface area contributed by atoms with Gasteiger partial charge in [0, 0.05) is 5.92 Å². The average Bonchev–Trinajstić information content (AvgIpc) is 2.70. The van der Waals surface area contributed by atoms with Crippen molar-refractivity contribution in [2.24, 2.45) is 29.4 Å². The number of nitrogens with zero attached hydrogens (tertiary/aromatic N) is 1. The van der Waals surface area contributed by atoms with Crippen LogP contribution < -0.4 is 5.73 Å². The summed E-state index contributed by atoms with van der Waals surface area (Å²) < 4.78 is 0. The second-order valence-corrected chi connectivity index (χ2v) is 9.11. The van der Waals surface area contributed by atoms with Crippen molar-refractivity contribution in [2.75, 3.05) is 14.1 Å². The number of amides is 1. The maximum Gasteiger partial charge on any atom is 0.235 e. The van der Waals surface area contributed by atoms with Crippen LogP contribution in [0, 0.1) is 23.7 Å². The fraction of sp³-hybridized carbons (Fsp3) is 0.500. The fourth-order valence-electron chi connectivity index (χ4n) is 5.95. The van der Waals surface area contributed by atoms with E-state index in [2.05, 4.69) is 0 Å². The van der Waals surface area contributed by atoms with Crippen molar-refractivity contribution in [1.82, 2.24) is 4.90 Å². The van der Waals surface area contributed by atoms with Crippen LogP contribution in [0.15, 0.2) is 18.2 Å². The number of carbonyl (C=O) groups excluding carboxylic acids is 5. The highest BCUT2D eigenvalue weighted by Crippen LogP contribution is 2.54. The molecular weight excluding hydrogens is 420 g/mol. The second kappa shape index (κ2) is 7.03. The van der Waals surface area contributed by atoms with Gasteiger partial charge in [0.05, 0.1) is 29.5 Å². The van der Waals surface area contributed by atoms with Crippen LogP contribution in [0.25, 0.3) is 0 Å². The monoisotopic (exact) mass is 444 g/mol. The molecule has 0 spiro atoms. The lowest BCUT2D eigenvalue weighted by atomic mass is 9.49. The van der Waals surface area contributed by atoms with E-state index in [0.29, 0.717) is 5.56 Å². The van der Waals surface area contributed by atoms with Crippen molar-refractivity contribution in [2.45, 2.75) is 30.6 Å².